The van der Waals surface area contributed by atoms with E-state index in [0.29, 0.717) is 12.0 Å². The molecule has 0 radical (unpaired) electrons. The molecule has 0 bridgehead atoms. The van der Waals surface area contributed by atoms with Crippen LogP contribution in [0.25, 0.3) is 0 Å². The smallest absolute Gasteiger partial charge is 0.195 e. The van der Waals surface area contributed by atoms with Crippen molar-refractivity contribution >= 4 is 12.2 Å². The zero-order valence-electron chi connectivity index (χ0n) is 9.53. The van der Waals surface area contributed by atoms with E-state index in [1.54, 1.807) is 0 Å². The summed E-state index contributed by atoms with van der Waals surface area (Å²) in [5.74, 6) is 1.79. The lowest BCUT2D eigenvalue weighted by molar-refractivity contribution is 0.280. The zero-order chi connectivity index (χ0) is 11.0. The summed E-state index contributed by atoms with van der Waals surface area (Å²) in [6.07, 6.45) is 2.52. The summed E-state index contributed by atoms with van der Waals surface area (Å²) < 4.78 is 2.91. The number of nitrogens with one attached hydrogen (secondary N) is 1. The Hall–Kier alpha value is -0.680. The minimum absolute atomic E-state index is 0.479. The third kappa shape index (κ3) is 2.29. The number of nitrogens with zero attached hydrogens (tertiary/aromatic N) is 3. The van der Waals surface area contributed by atoms with Crippen molar-refractivity contribution in [3.63, 3.8) is 0 Å². The fraction of sp³-hybridized carbons (Fsp3) is 0.800. The fourth-order valence-electron chi connectivity index (χ4n) is 1.59. The number of likely N-dealkylation sites (N-methyl/N-ethyl adjacent to an activating group) is 1. The summed E-state index contributed by atoms with van der Waals surface area (Å²) >= 11 is 5.25. The summed E-state index contributed by atoms with van der Waals surface area (Å²) in [6, 6.07) is 0.479. The van der Waals surface area contributed by atoms with Gasteiger partial charge in [0, 0.05) is 18.5 Å². The molecule has 84 valence electrons. The van der Waals surface area contributed by atoms with Gasteiger partial charge in [0.05, 0.1) is 0 Å². The number of aromatic nitrogens is 3. The van der Waals surface area contributed by atoms with Crippen LogP contribution in [0.15, 0.2) is 0 Å². The molecular formula is C10H18N4S. The Bertz CT molecular complexity index is 388. The molecular weight excluding hydrogens is 208 g/mol. The Morgan fingerprint density at radius 1 is 1.60 bits per heavy atom. The minimum atomic E-state index is 0.479. The normalized spacial score (nSPS) is 18.4. The molecule has 0 aliphatic heterocycles. The molecule has 1 unspecified atom stereocenters. The number of aromatic amines is 1. The molecule has 5 heteroatoms. The van der Waals surface area contributed by atoms with Gasteiger partial charge in [-0.2, -0.15) is 5.10 Å². The van der Waals surface area contributed by atoms with Crippen LogP contribution in [0.5, 0.6) is 0 Å². The maximum atomic E-state index is 5.25. The second-order valence-electron chi connectivity index (χ2n) is 4.58. The first kappa shape index (κ1) is 10.8. The number of hydrogen-bond acceptors (Lipinski definition) is 3. The lowest BCUT2D eigenvalue weighted by atomic mass is 10.3. The number of hydrogen-bond donors (Lipinski definition) is 1. The molecule has 0 amide bonds. The van der Waals surface area contributed by atoms with E-state index < -0.39 is 0 Å². The molecule has 1 aromatic heterocycles. The lowest BCUT2D eigenvalue weighted by Crippen LogP contribution is -2.29. The SMILES string of the molecule is CC(Cn1c(C2CC2)n[nH]c1=S)N(C)C. The maximum absolute atomic E-state index is 5.25. The van der Waals surface area contributed by atoms with Crippen LogP contribution in [0.3, 0.4) is 0 Å². The van der Waals surface area contributed by atoms with Gasteiger partial charge in [0.25, 0.3) is 0 Å². The summed E-state index contributed by atoms with van der Waals surface area (Å²) in [7, 11) is 4.18. The predicted molar refractivity (Wildman–Crippen MR) is 62.5 cm³/mol. The molecule has 4 nitrogen and oxygen atoms in total. The van der Waals surface area contributed by atoms with Crippen molar-refractivity contribution in [1.29, 1.82) is 0 Å². The van der Waals surface area contributed by atoms with Gasteiger partial charge in [-0.25, -0.2) is 0 Å². The van der Waals surface area contributed by atoms with Crippen molar-refractivity contribution in [1.82, 2.24) is 19.7 Å². The van der Waals surface area contributed by atoms with Crippen LogP contribution >= 0.6 is 12.2 Å². The van der Waals surface area contributed by atoms with Crippen LogP contribution in [-0.4, -0.2) is 39.8 Å². The second-order valence-corrected chi connectivity index (χ2v) is 4.97. The summed E-state index contributed by atoms with van der Waals surface area (Å²) in [5, 5.41) is 7.22. The first-order valence-electron chi connectivity index (χ1n) is 5.41. The van der Waals surface area contributed by atoms with E-state index in [1.807, 2.05) is 0 Å². The molecule has 15 heavy (non-hydrogen) atoms. The van der Waals surface area contributed by atoms with Crippen molar-refractivity contribution in [3.05, 3.63) is 10.6 Å². The van der Waals surface area contributed by atoms with E-state index >= 15 is 0 Å². The Kier molecular flexibility index (Phi) is 2.93. The van der Waals surface area contributed by atoms with Gasteiger partial charge in [0.15, 0.2) is 4.77 Å². The first-order valence-corrected chi connectivity index (χ1v) is 5.82. The van der Waals surface area contributed by atoms with Crippen molar-refractivity contribution in [2.24, 2.45) is 0 Å². The van der Waals surface area contributed by atoms with Gasteiger partial charge < -0.3 is 9.47 Å². The van der Waals surface area contributed by atoms with E-state index in [-0.39, 0.29) is 0 Å². The topological polar surface area (TPSA) is 36.9 Å². The van der Waals surface area contributed by atoms with E-state index in [0.717, 1.165) is 17.1 Å². The second kappa shape index (κ2) is 4.06. The van der Waals surface area contributed by atoms with E-state index in [1.165, 1.54) is 12.8 Å². The highest BCUT2D eigenvalue weighted by atomic mass is 32.1. The molecule has 2 rings (SSSR count). The van der Waals surface area contributed by atoms with E-state index in [9.17, 15) is 0 Å². The van der Waals surface area contributed by atoms with E-state index in [4.69, 9.17) is 12.2 Å². The standard InChI is InChI=1S/C10H18N4S/c1-7(13(2)3)6-14-9(8-4-5-8)11-12-10(14)15/h7-8H,4-6H2,1-3H3,(H,12,15). The Balaban J connectivity index is 2.19. The van der Waals surface area contributed by atoms with Crippen molar-refractivity contribution in [2.45, 2.75) is 38.3 Å². The highest BCUT2D eigenvalue weighted by Gasteiger charge is 2.29. The summed E-state index contributed by atoms with van der Waals surface area (Å²) in [4.78, 5) is 2.20. The van der Waals surface area contributed by atoms with Crippen LogP contribution < -0.4 is 0 Å². The molecule has 1 fully saturated rings. The summed E-state index contributed by atoms with van der Waals surface area (Å²) in [6.45, 7) is 3.12. The highest BCUT2D eigenvalue weighted by molar-refractivity contribution is 7.71. The van der Waals surface area contributed by atoms with Gasteiger partial charge in [0.1, 0.15) is 5.82 Å². The molecule has 0 saturated heterocycles. The van der Waals surface area contributed by atoms with Crippen LogP contribution in [0.1, 0.15) is 31.5 Å². The largest absolute Gasteiger partial charge is 0.305 e. The molecule has 1 aromatic rings. The molecule has 1 heterocycles. The summed E-state index contributed by atoms with van der Waals surface area (Å²) in [5.41, 5.74) is 0. The maximum Gasteiger partial charge on any atom is 0.195 e. The fourth-order valence-corrected chi connectivity index (χ4v) is 1.80. The molecule has 0 spiro atoms. The average Bonchev–Trinajstić information content (AvgIpc) is 2.95. The quantitative estimate of drug-likeness (QED) is 0.795. The molecule has 1 saturated carbocycles. The van der Waals surface area contributed by atoms with Crippen LogP contribution in [0.2, 0.25) is 0 Å². The molecule has 1 N–H and O–H groups in total. The van der Waals surface area contributed by atoms with Crippen LogP contribution in [0.4, 0.5) is 0 Å². The molecule has 1 aliphatic rings. The first-order chi connectivity index (χ1) is 7.09. The van der Waals surface area contributed by atoms with Crippen molar-refractivity contribution in [3.8, 4) is 0 Å². The third-order valence-electron chi connectivity index (χ3n) is 3.06. The molecule has 1 atom stereocenters. The number of rotatable bonds is 4. The zero-order valence-corrected chi connectivity index (χ0v) is 10.3. The monoisotopic (exact) mass is 226 g/mol. The van der Waals surface area contributed by atoms with Gasteiger partial charge in [-0.3, -0.25) is 5.10 Å². The Morgan fingerprint density at radius 2 is 2.27 bits per heavy atom. The van der Waals surface area contributed by atoms with Gasteiger partial charge in [-0.05, 0) is 46.1 Å². The van der Waals surface area contributed by atoms with Crippen molar-refractivity contribution < 1.29 is 0 Å². The van der Waals surface area contributed by atoms with Crippen LogP contribution in [0, 0.1) is 4.77 Å². The van der Waals surface area contributed by atoms with E-state index in [2.05, 4.69) is 40.7 Å². The van der Waals surface area contributed by atoms with Gasteiger partial charge in [-0.15, -0.1) is 0 Å². The minimum Gasteiger partial charge on any atom is -0.305 e. The third-order valence-corrected chi connectivity index (χ3v) is 3.37. The van der Waals surface area contributed by atoms with Crippen LogP contribution in [-0.2, 0) is 6.54 Å². The molecule has 0 aromatic carbocycles. The Morgan fingerprint density at radius 3 is 2.80 bits per heavy atom. The number of H-pyrrole nitrogens is 1. The predicted octanol–water partition coefficient (Wildman–Crippen LogP) is 1.77. The molecule has 1 aliphatic carbocycles. The lowest BCUT2D eigenvalue weighted by Gasteiger charge is -2.20. The van der Waals surface area contributed by atoms with Gasteiger partial charge in [-0.1, -0.05) is 0 Å². The Labute approximate surface area is 95.3 Å². The van der Waals surface area contributed by atoms with Gasteiger partial charge in [0.2, 0.25) is 0 Å². The highest BCUT2D eigenvalue weighted by Crippen LogP contribution is 2.38. The average molecular weight is 226 g/mol. The van der Waals surface area contributed by atoms with Gasteiger partial charge >= 0.3 is 0 Å². The van der Waals surface area contributed by atoms with Crippen molar-refractivity contribution in [2.75, 3.05) is 14.1 Å².